The number of hydrogen-bond donors (Lipinski definition) is 1. The molecule has 1 unspecified atom stereocenters. The molecule has 0 spiro atoms. The molecule has 1 saturated carbocycles. The number of carbonyl (C=O) groups excluding carboxylic acids is 2. The van der Waals surface area contributed by atoms with E-state index in [1.165, 1.54) is 49.4 Å². The molecular formula is C22H29N3O2S. The molecule has 0 radical (unpaired) electrons. The smallest absolute Gasteiger partial charge is 0.262 e. The van der Waals surface area contributed by atoms with Crippen LogP contribution in [-0.4, -0.2) is 34.8 Å². The molecule has 0 saturated heterocycles. The van der Waals surface area contributed by atoms with Gasteiger partial charge >= 0.3 is 0 Å². The Morgan fingerprint density at radius 3 is 2.68 bits per heavy atom. The third-order valence-corrected chi connectivity index (χ3v) is 7.03. The lowest BCUT2D eigenvalue weighted by molar-refractivity contribution is -0.122. The number of fused-ring (bicyclic) bond motifs is 1. The summed E-state index contributed by atoms with van der Waals surface area (Å²) < 4.78 is 0. The highest BCUT2D eigenvalue weighted by Gasteiger charge is 2.34. The van der Waals surface area contributed by atoms with Gasteiger partial charge in [-0.25, -0.2) is 0 Å². The van der Waals surface area contributed by atoms with Crippen molar-refractivity contribution in [3.63, 3.8) is 0 Å². The summed E-state index contributed by atoms with van der Waals surface area (Å²) in [6, 6.07) is 8.49. The van der Waals surface area contributed by atoms with E-state index in [0.29, 0.717) is 11.2 Å². The standard InChI is InChI=1S/C22H29N3O2S/c26-20(25-14-8-10-16-9-6-7-13-18(16)25)15-19-21(27)24-22(28-19)23-17-11-4-2-1-3-5-12-17/h6-7,9,13,17,19H,1-5,8,10-12,14-15H2,(H,23,24,27). The zero-order valence-corrected chi connectivity index (χ0v) is 17.2. The van der Waals surface area contributed by atoms with Crippen molar-refractivity contribution < 1.29 is 9.59 Å². The number of aliphatic imine (C=N–C) groups is 1. The summed E-state index contributed by atoms with van der Waals surface area (Å²) >= 11 is 1.44. The van der Waals surface area contributed by atoms with Crippen molar-refractivity contribution in [2.24, 2.45) is 4.99 Å². The molecule has 2 heterocycles. The number of aryl methyl sites for hydroxylation is 1. The van der Waals surface area contributed by atoms with Crippen LogP contribution < -0.4 is 10.2 Å². The van der Waals surface area contributed by atoms with Crippen molar-refractivity contribution in [3.8, 4) is 0 Å². The average molecular weight is 400 g/mol. The minimum Gasteiger partial charge on any atom is -0.362 e. The van der Waals surface area contributed by atoms with Gasteiger partial charge in [0.25, 0.3) is 5.91 Å². The van der Waals surface area contributed by atoms with Gasteiger partial charge in [-0.05, 0) is 37.3 Å². The maximum absolute atomic E-state index is 12.9. The van der Waals surface area contributed by atoms with E-state index >= 15 is 0 Å². The van der Waals surface area contributed by atoms with E-state index in [0.717, 1.165) is 37.9 Å². The fourth-order valence-corrected chi connectivity index (χ4v) is 5.44. The lowest BCUT2D eigenvalue weighted by atomic mass is 9.97. The second-order valence-electron chi connectivity index (χ2n) is 8.03. The Kier molecular flexibility index (Phi) is 6.35. The van der Waals surface area contributed by atoms with Crippen molar-refractivity contribution in [2.45, 2.75) is 75.5 Å². The van der Waals surface area contributed by atoms with Crippen LogP contribution in [0.3, 0.4) is 0 Å². The fourth-order valence-electron chi connectivity index (χ4n) is 4.42. The summed E-state index contributed by atoms with van der Waals surface area (Å²) in [5, 5.41) is 3.81. The highest BCUT2D eigenvalue weighted by atomic mass is 32.2. The maximum Gasteiger partial charge on any atom is 0.262 e. The minimum atomic E-state index is -0.391. The number of hydrogen-bond acceptors (Lipinski definition) is 4. The van der Waals surface area contributed by atoms with E-state index in [4.69, 9.17) is 0 Å². The molecule has 1 fully saturated rings. The molecule has 2 amide bonds. The molecule has 4 rings (SSSR count). The number of thioether (sulfide) groups is 1. The first-order valence-corrected chi connectivity index (χ1v) is 11.5. The molecule has 28 heavy (non-hydrogen) atoms. The Labute approximate surface area is 171 Å². The first-order valence-electron chi connectivity index (χ1n) is 10.6. The van der Waals surface area contributed by atoms with Crippen LogP contribution in [0.1, 0.15) is 63.4 Å². The Balaban J connectivity index is 1.34. The predicted molar refractivity (Wildman–Crippen MR) is 115 cm³/mol. The van der Waals surface area contributed by atoms with E-state index < -0.39 is 5.25 Å². The van der Waals surface area contributed by atoms with Gasteiger partial charge in [-0.15, -0.1) is 0 Å². The van der Waals surface area contributed by atoms with Crippen LogP contribution in [0.4, 0.5) is 5.69 Å². The minimum absolute atomic E-state index is 0.0282. The van der Waals surface area contributed by atoms with E-state index in [1.54, 1.807) is 0 Å². The highest BCUT2D eigenvalue weighted by Crippen LogP contribution is 2.30. The zero-order chi connectivity index (χ0) is 19.3. The number of anilines is 1. The summed E-state index contributed by atoms with van der Waals surface area (Å²) in [4.78, 5) is 31.4. The second kappa shape index (κ2) is 9.12. The van der Waals surface area contributed by atoms with Crippen LogP contribution in [-0.2, 0) is 16.0 Å². The van der Waals surface area contributed by atoms with E-state index in [-0.39, 0.29) is 18.2 Å². The molecule has 1 atom stereocenters. The number of amidine groups is 1. The van der Waals surface area contributed by atoms with Gasteiger partial charge < -0.3 is 10.2 Å². The number of benzene rings is 1. The molecule has 1 N–H and O–H groups in total. The molecule has 3 aliphatic rings. The predicted octanol–water partition coefficient (Wildman–Crippen LogP) is 4.06. The molecule has 5 nitrogen and oxygen atoms in total. The molecule has 2 aliphatic heterocycles. The number of carbonyl (C=O) groups is 2. The Hall–Kier alpha value is -1.82. The topological polar surface area (TPSA) is 61.8 Å². The fraction of sp³-hybridized carbons (Fsp3) is 0.591. The summed E-state index contributed by atoms with van der Waals surface area (Å²) in [7, 11) is 0. The summed E-state index contributed by atoms with van der Waals surface area (Å²) in [6.07, 6.45) is 10.9. The average Bonchev–Trinajstić information content (AvgIpc) is 3.02. The van der Waals surface area contributed by atoms with Gasteiger partial charge in [0, 0.05) is 24.7 Å². The van der Waals surface area contributed by atoms with Gasteiger partial charge in [0.05, 0.1) is 0 Å². The van der Waals surface area contributed by atoms with E-state index in [9.17, 15) is 9.59 Å². The Bertz CT molecular complexity index is 756. The molecule has 0 bridgehead atoms. The Morgan fingerprint density at radius 2 is 1.86 bits per heavy atom. The third kappa shape index (κ3) is 4.59. The second-order valence-corrected chi connectivity index (χ2v) is 9.22. The number of rotatable bonds is 3. The normalized spacial score (nSPS) is 23.6. The SMILES string of the molecule is O=C1N=C(NC2CCCCCCC2)SC1CC(=O)N1CCCc2ccccc21. The first kappa shape index (κ1) is 19.5. The van der Waals surface area contributed by atoms with Gasteiger partial charge in [-0.2, -0.15) is 4.99 Å². The van der Waals surface area contributed by atoms with Gasteiger partial charge in [0.1, 0.15) is 5.25 Å². The summed E-state index contributed by atoms with van der Waals surface area (Å²) in [5.74, 6) is -0.141. The highest BCUT2D eigenvalue weighted by molar-refractivity contribution is 8.15. The van der Waals surface area contributed by atoms with Crippen molar-refractivity contribution in [2.75, 3.05) is 11.4 Å². The van der Waals surface area contributed by atoms with Crippen LogP contribution >= 0.6 is 11.8 Å². The third-order valence-electron chi connectivity index (χ3n) is 5.95. The van der Waals surface area contributed by atoms with Crippen LogP contribution in [0.5, 0.6) is 0 Å². The number of para-hydroxylation sites is 1. The number of amides is 2. The first-order chi connectivity index (χ1) is 13.7. The van der Waals surface area contributed by atoms with Crippen LogP contribution in [0.25, 0.3) is 0 Å². The van der Waals surface area contributed by atoms with Gasteiger partial charge in [-0.1, -0.05) is 62.1 Å². The molecule has 6 heteroatoms. The van der Waals surface area contributed by atoms with Crippen molar-refractivity contribution >= 4 is 34.4 Å². The Morgan fingerprint density at radius 1 is 1.11 bits per heavy atom. The van der Waals surface area contributed by atoms with Crippen molar-refractivity contribution in [1.29, 1.82) is 0 Å². The van der Waals surface area contributed by atoms with Crippen LogP contribution in [0.15, 0.2) is 29.3 Å². The molecular weight excluding hydrogens is 370 g/mol. The monoisotopic (exact) mass is 399 g/mol. The zero-order valence-electron chi connectivity index (χ0n) is 16.4. The van der Waals surface area contributed by atoms with Crippen LogP contribution in [0, 0.1) is 0 Å². The summed E-state index contributed by atoms with van der Waals surface area (Å²) in [5.41, 5.74) is 2.22. The van der Waals surface area contributed by atoms with Crippen molar-refractivity contribution in [1.82, 2.24) is 5.32 Å². The van der Waals surface area contributed by atoms with Crippen molar-refractivity contribution in [3.05, 3.63) is 29.8 Å². The quantitative estimate of drug-likeness (QED) is 0.833. The molecule has 1 aromatic carbocycles. The molecule has 1 aromatic rings. The number of nitrogens with one attached hydrogen (secondary N) is 1. The van der Waals surface area contributed by atoms with Crippen LogP contribution in [0.2, 0.25) is 0 Å². The number of nitrogens with zero attached hydrogens (tertiary/aromatic N) is 2. The van der Waals surface area contributed by atoms with Gasteiger partial charge in [0.15, 0.2) is 5.17 Å². The lowest BCUT2D eigenvalue weighted by Crippen LogP contribution is -2.37. The molecule has 0 aromatic heterocycles. The van der Waals surface area contributed by atoms with Gasteiger partial charge in [-0.3, -0.25) is 9.59 Å². The molecule has 1 aliphatic carbocycles. The van der Waals surface area contributed by atoms with E-state index in [2.05, 4.69) is 16.4 Å². The lowest BCUT2D eigenvalue weighted by Gasteiger charge is -2.30. The molecule has 150 valence electrons. The maximum atomic E-state index is 12.9. The van der Waals surface area contributed by atoms with E-state index in [1.807, 2.05) is 23.1 Å². The summed E-state index contributed by atoms with van der Waals surface area (Å²) in [6.45, 7) is 0.732. The largest absolute Gasteiger partial charge is 0.362 e. The van der Waals surface area contributed by atoms with Gasteiger partial charge in [0.2, 0.25) is 5.91 Å².